The summed E-state index contributed by atoms with van der Waals surface area (Å²) in [7, 11) is 1.59. The van der Waals surface area contributed by atoms with Gasteiger partial charge in [-0.2, -0.15) is 0 Å². The molecule has 0 unspecified atom stereocenters. The van der Waals surface area contributed by atoms with Crippen LogP contribution in [0.3, 0.4) is 0 Å². The van der Waals surface area contributed by atoms with Gasteiger partial charge in [-0.15, -0.1) is 0 Å². The lowest BCUT2D eigenvalue weighted by Gasteiger charge is -2.10. The summed E-state index contributed by atoms with van der Waals surface area (Å²) in [6.07, 6.45) is 1.83. The number of nitrogens with zero attached hydrogens (tertiary/aromatic N) is 2. The number of rotatable bonds is 3. The Hall–Kier alpha value is -4.33. The lowest BCUT2D eigenvalue weighted by molar-refractivity contribution is 0.415. The standard InChI is InChI=1S/C25H20N4O4/c1-12(2)29-24-18(11-26-29)21(23-22(28-24)16-7-5-14(30)9-20(16)33-23)17-8-13-4-6-15(32-3)10-19(13)27-25(17)31/h4-12,26H,1-3H3,(H,27,31). The summed E-state index contributed by atoms with van der Waals surface area (Å²) in [6, 6.07) is 12.2. The summed E-state index contributed by atoms with van der Waals surface area (Å²) in [5, 5.41) is 5.59. The number of nitrogens with one attached hydrogen (secondary N) is 2. The molecular formula is C25H20N4O4. The van der Waals surface area contributed by atoms with Gasteiger partial charge >= 0.3 is 0 Å². The van der Waals surface area contributed by atoms with Gasteiger partial charge in [0.05, 0.1) is 18.2 Å². The fraction of sp³-hybridized carbons (Fsp3) is 0.160. The molecule has 2 aromatic carbocycles. The largest absolute Gasteiger partial charge is 0.497 e. The van der Waals surface area contributed by atoms with Crippen molar-refractivity contribution in [2.24, 2.45) is 0 Å². The molecule has 6 aromatic rings. The van der Waals surface area contributed by atoms with E-state index in [1.807, 2.05) is 29.1 Å². The molecule has 4 heterocycles. The fourth-order valence-electron chi connectivity index (χ4n) is 4.41. The maximum absolute atomic E-state index is 13.3. The smallest absolute Gasteiger partial charge is 0.256 e. The minimum Gasteiger partial charge on any atom is -0.497 e. The molecule has 8 heteroatoms. The first kappa shape index (κ1) is 19.4. The molecular weight excluding hydrogens is 420 g/mol. The van der Waals surface area contributed by atoms with Crippen LogP contribution in [-0.2, 0) is 0 Å². The number of methoxy groups -OCH3 is 1. The van der Waals surface area contributed by atoms with E-state index in [2.05, 4.69) is 23.9 Å². The van der Waals surface area contributed by atoms with E-state index in [1.165, 1.54) is 12.1 Å². The van der Waals surface area contributed by atoms with Crippen LogP contribution in [0.4, 0.5) is 0 Å². The number of fused-ring (bicyclic) bond motifs is 5. The van der Waals surface area contributed by atoms with Crippen molar-refractivity contribution in [1.29, 1.82) is 0 Å². The summed E-state index contributed by atoms with van der Waals surface area (Å²) in [4.78, 5) is 33.1. The molecule has 0 aliphatic heterocycles. The van der Waals surface area contributed by atoms with Gasteiger partial charge in [-0.05, 0) is 49.6 Å². The van der Waals surface area contributed by atoms with Crippen LogP contribution in [0.25, 0.3) is 55.1 Å². The second-order valence-corrected chi connectivity index (χ2v) is 8.36. The first-order chi connectivity index (χ1) is 15.9. The lowest BCUT2D eigenvalue weighted by Crippen LogP contribution is -2.09. The van der Waals surface area contributed by atoms with Crippen molar-refractivity contribution in [1.82, 2.24) is 19.7 Å². The van der Waals surface area contributed by atoms with Crippen molar-refractivity contribution < 1.29 is 9.15 Å². The Labute approximate surface area is 186 Å². The van der Waals surface area contributed by atoms with E-state index in [0.29, 0.717) is 44.7 Å². The Kier molecular flexibility index (Phi) is 4.01. The molecule has 164 valence electrons. The topological polar surface area (TPSA) is 106 Å². The van der Waals surface area contributed by atoms with Crippen molar-refractivity contribution in [3.63, 3.8) is 0 Å². The predicted molar refractivity (Wildman–Crippen MR) is 128 cm³/mol. The molecule has 0 saturated carbocycles. The highest BCUT2D eigenvalue weighted by Gasteiger charge is 2.23. The van der Waals surface area contributed by atoms with Crippen LogP contribution in [0.1, 0.15) is 19.9 Å². The third-order valence-corrected chi connectivity index (χ3v) is 6.01. The van der Waals surface area contributed by atoms with E-state index in [-0.39, 0.29) is 17.0 Å². The predicted octanol–water partition coefficient (Wildman–Crippen LogP) is 4.72. The normalized spacial score (nSPS) is 12.0. The minimum atomic E-state index is -0.258. The number of benzene rings is 2. The molecule has 0 aliphatic carbocycles. The maximum atomic E-state index is 13.3. The second-order valence-electron chi connectivity index (χ2n) is 8.36. The number of H-pyrrole nitrogens is 2. The Morgan fingerprint density at radius 3 is 2.70 bits per heavy atom. The van der Waals surface area contributed by atoms with Crippen molar-refractivity contribution >= 4 is 44.0 Å². The summed E-state index contributed by atoms with van der Waals surface area (Å²) in [6.45, 7) is 4.10. The average molecular weight is 440 g/mol. The Morgan fingerprint density at radius 1 is 1.06 bits per heavy atom. The Bertz CT molecular complexity index is 1840. The molecule has 0 atom stereocenters. The third kappa shape index (κ3) is 2.80. The molecule has 0 spiro atoms. The molecule has 0 radical (unpaired) electrons. The Balaban J connectivity index is 1.79. The number of aromatic amines is 2. The molecule has 8 nitrogen and oxygen atoms in total. The van der Waals surface area contributed by atoms with E-state index in [1.54, 1.807) is 19.2 Å². The van der Waals surface area contributed by atoms with Crippen molar-refractivity contribution in [2.75, 3.05) is 7.11 Å². The summed E-state index contributed by atoms with van der Waals surface area (Å²) < 4.78 is 13.4. The van der Waals surface area contributed by atoms with E-state index in [4.69, 9.17) is 14.1 Å². The van der Waals surface area contributed by atoms with Crippen LogP contribution in [0.5, 0.6) is 5.75 Å². The highest BCUT2D eigenvalue weighted by atomic mass is 16.5. The first-order valence-electron chi connectivity index (χ1n) is 10.6. The van der Waals surface area contributed by atoms with Crippen LogP contribution < -0.4 is 15.7 Å². The number of ether oxygens (including phenoxy) is 1. The summed E-state index contributed by atoms with van der Waals surface area (Å²) in [5.41, 5.74) is 3.59. The van der Waals surface area contributed by atoms with E-state index >= 15 is 0 Å². The van der Waals surface area contributed by atoms with Gasteiger partial charge in [-0.1, -0.05) is 0 Å². The van der Waals surface area contributed by atoms with Crippen LogP contribution in [-0.4, -0.2) is 26.9 Å². The van der Waals surface area contributed by atoms with E-state index in [0.717, 1.165) is 16.2 Å². The molecule has 33 heavy (non-hydrogen) atoms. The summed E-state index contributed by atoms with van der Waals surface area (Å²) in [5.74, 6) is 0.661. The van der Waals surface area contributed by atoms with Crippen LogP contribution in [0, 0.1) is 0 Å². The van der Waals surface area contributed by atoms with Crippen molar-refractivity contribution in [3.05, 3.63) is 69.2 Å². The third-order valence-electron chi connectivity index (χ3n) is 6.01. The van der Waals surface area contributed by atoms with Crippen molar-refractivity contribution in [3.8, 4) is 16.9 Å². The van der Waals surface area contributed by atoms with Gasteiger partial charge in [0.1, 0.15) is 16.8 Å². The number of pyridine rings is 2. The quantitative estimate of drug-likeness (QED) is 0.414. The Morgan fingerprint density at radius 2 is 1.91 bits per heavy atom. The van der Waals surface area contributed by atoms with Gasteiger partial charge in [0.25, 0.3) is 5.56 Å². The van der Waals surface area contributed by atoms with Crippen molar-refractivity contribution in [2.45, 2.75) is 19.9 Å². The van der Waals surface area contributed by atoms with Gasteiger partial charge in [0.15, 0.2) is 16.7 Å². The van der Waals surface area contributed by atoms with E-state index in [9.17, 15) is 9.59 Å². The summed E-state index contributed by atoms with van der Waals surface area (Å²) >= 11 is 0. The zero-order valence-electron chi connectivity index (χ0n) is 18.2. The van der Waals surface area contributed by atoms with Gasteiger partial charge in [0.2, 0.25) is 0 Å². The van der Waals surface area contributed by atoms with E-state index < -0.39 is 0 Å². The van der Waals surface area contributed by atoms with Crippen LogP contribution in [0.2, 0.25) is 0 Å². The highest BCUT2D eigenvalue weighted by Crippen LogP contribution is 2.39. The molecule has 0 amide bonds. The van der Waals surface area contributed by atoms with Gasteiger partial charge < -0.3 is 19.2 Å². The molecule has 6 rings (SSSR count). The molecule has 0 saturated heterocycles. The zero-order valence-corrected chi connectivity index (χ0v) is 18.2. The zero-order chi connectivity index (χ0) is 22.9. The number of aromatic nitrogens is 4. The lowest BCUT2D eigenvalue weighted by atomic mass is 10.0. The highest BCUT2D eigenvalue weighted by molar-refractivity contribution is 6.14. The van der Waals surface area contributed by atoms with Gasteiger partial charge in [-0.3, -0.25) is 14.3 Å². The number of hydrogen-bond acceptors (Lipinski definition) is 5. The first-order valence-corrected chi connectivity index (χ1v) is 10.6. The SMILES string of the molecule is COc1ccc2cc(-c3c4c[nH]n(C(C)C)c4nc4c3oc3cc(=O)ccc34)c(=O)[nH]c2c1. The van der Waals surface area contributed by atoms with Gasteiger partial charge in [0, 0.05) is 40.7 Å². The molecule has 0 bridgehead atoms. The maximum Gasteiger partial charge on any atom is 0.256 e. The molecule has 0 aliphatic rings. The fourth-order valence-corrected chi connectivity index (χ4v) is 4.41. The van der Waals surface area contributed by atoms with Crippen LogP contribution in [0.15, 0.2) is 62.7 Å². The number of furan rings is 1. The monoisotopic (exact) mass is 440 g/mol. The number of hydrogen-bond donors (Lipinski definition) is 2. The molecule has 0 fully saturated rings. The van der Waals surface area contributed by atoms with Gasteiger partial charge in [-0.25, -0.2) is 4.98 Å². The van der Waals surface area contributed by atoms with Crippen LogP contribution >= 0.6 is 0 Å². The average Bonchev–Trinajstić information content (AvgIpc) is 3.37. The molecule has 4 aromatic heterocycles. The second kappa shape index (κ2) is 6.83. The minimum absolute atomic E-state index is 0.120. The molecule has 2 N–H and O–H groups in total.